The quantitative estimate of drug-likeness (QED) is 0.412. The highest BCUT2D eigenvalue weighted by Crippen LogP contribution is 2.23. The zero-order valence-electron chi connectivity index (χ0n) is 21.4. The molecule has 4 heteroatoms. The van der Waals surface area contributed by atoms with Gasteiger partial charge in [-0.2, -0.15) is 0 Å². The molecule has 0 aliphatic rings. The second-order valence-electron chi connectivity index (χ2n) is 10.9. The first kappa shape index (κ1) is 26.6. The maximum Gasteiger partial charge on any atom is 0.251 e. The fraction of sp³-hybridized carbons (Fsp3) is 0.517. The molecule has 0 aromatic heterocycles. The van der Waals surface area contributed by atoms with E-state index in [4.69, 9.17) is 0 Å². The molecule has 0 unspecified atom stereocenters. The van der Waals surface area contributed by atoms with Crippen LogP contribution in [0.25, 0.3) is 0 Å². The van der Waals surface area contributed by atoms with Crippen molar-refractivity contribution < 1.29 is 9.59 Å². The maximum absolute atomic E-state index is 12.3. The zero-order valence-corrected chi connectivity index (χ0v) is 21.4. The van der Waals surface area contributed by atoms with Crippen LogP contribution < -0.4 is 10.6 Å². The molecule has 180 valence electrons. The number of rotatable bonds is 10. The van der Waals surface area contributed by atoms with Gasteiger partial charge in [-0.05, 0) is 59.1 Å². The Morgan fingerprint density at radius 3 is 1.15 bits per heavy atom. The van der Waals surface area contributed by atoms with Gasteiger partial charge in [0, 0.05) is 24.2 Å². The summed E-state index contributed by atoms with van der Waals surface area (Å²) >= 11 is 0. The summed E-state index contributed by atoms with van der Waals surface area (Å²) in [6, 6.07) is 15.8. The Labute approximate surface area is 200 Å². The number of hydrogen-bond donors (Lipinski definition) is 2. The van der Waals surface area contributed by atoms with Crippen LogP contribution in [0.1, 0.15) is 105 Å². The van der Waals surface area contributed by atoms with Crippen molar-refractivity contribution in [2.45, 2.75) is 84.5 Å². The summed E-state index contributed by atoms with van der Waals surface area (Å²) in [7, 11) is 0. The monoisotopic (exact) mass is 450 g/mol. The summed E-state index contributed by atoms with van der Waals surface area (Å²) in [6.45, 7) is 14.4. The van der Waals surface area contributed by atoms with E-state index in [0.29, 0.717) is 24.2 Å². The smallest absolute Gasteiger partial charge is 0.251 e. The maximum atomic E-state index is 12.3. The molecule has 2 N–H and O–H groups in total. The zero-order chi connectivity index (χ0) is 24.5. The van der Waals surface area contributed by atoms with Crippen molar-refractivity contribution >= 4 is 11.8 Å². The molecule has 0 aliphatic heterocycles. The molecule has 0 aliphatic carbocycles. The lowest BCUT2D eigenvalue weighted by atomic mass is 9.86. The van der Waals surface area contributed by atoms with E-state index in [1.165, 1.54) is 11.1 Å². The van der Waals surface area contributed by atoms with E-state index >= 15 is 0 Å². The Kier molecular flexibility index (Phi) is 9.70. The molecule has 2 aromatic carbocycles. The molecule has 0 bridgehead atoms. The second-order valence-corrected chi connectivity index (χ2v) is 10.9. The van der Waals surface area contributed by atoms with Crippen LogP contribution in [-0.2, 0) is 10.8 Å². The van der Waals surface area contributed by atoms with Crippen molar-refractivity contribution in [3.63, 3.8) is 0 Å². The predicted octanol–water partition coefficient (Wildman–Crippen LogP) is 6.39. The van der Waals surface area contributed by atoms with Gasteiger partial charge < -0.3 is 10.6 Å². The number of amides is 2. The van der Waals surface area contributed by atoms with E-state index in [-0.39, 0.29) is 22.6 Å². The number of unbranched alkanes of at least 4 members (excludes halogenated alkanes) is 4. The molecule has 0 saturated carbocycles. The predicted molar refractivity (Wildman–Crippen MR) is 138 cm³/mol. The summed E-state index contributed by atoms with van der Waals surface area (Å²) in [5, 5.41) is 6.02. The van der Waals surface area contributed by atoms with Crippen molar-refractivity contribution in [1.82, 2.24) is 10.6 Å². The van der Waals surface area contributed by atoms with Crippen molar-refractivity contribution in [1.29, 1.82) is 0 Å². The summed E-state index contributed by atoms with van der Waals surface area (Å²) in [5.74, 6) is -0.0117. The molecule has 0 atom stereocenters. The third-order valence-electron chi connectivity index (χ3n) is 5.95. The van der Waals surface area contributed by atoms with Gasteiger partial charge in [-0.15, -0.1) is 0 Å². The third-order valence-corrected chi connectivity index (χ3v) is 5.95. The Morgan fingerprint density at radius 2 is 0.848 bits per heavy atom. The molecule has 2 amide bonds. The fourth-order valence-corrected chi connectivity index (χ4v) is 3.63. The number of carbonyl (C=O) groups is 2. The van der Waals surface area contributed by atoms with Crippen LogP contribution >= 0.6 is 0 Å². The topological polar surface area (TPSA) is 58.2 Å². The first-order valence-corrected chi connectivity index (χ1v) is 12.3. The van der Waals surface area contributed by atoms with Crippen LogP contribution in [0.15, 0.2) is 48.5 Å². The number of benzene rings is 2. The van der Waals surface area contributed by atoms with Gasteiger partial charge in [0.2, 0.25) is 0 Å². The van der Waals surface area contributed by atoms with Crippen LogP contribution in [-0.4, -0.2) is 24.9 Å². The third kappa shape index (κ3) is 9.03. The van der Waals surface area contributed by atoms with E-state index in [1.54, 1.807) is 0 Å². The van der Waals surface area contributed by atoms with Crippen LogP contribution in [0.3, 0.4) is 0 Å². The molecular formula is C29H42N2O2. The Bertz CT molecular complexity index is 810. The number of hydrogen-bond acceptors (Lipinski definition) is 2. The Morgan fingerprint density at radius 1 is 0.545 bits per heavy atom. The molecule has 2 rings (SSSR count). The van der Waals surface area contributed by atoms with Gasteiger partial charge in [-0.1, -0.05) is 85.1 Å². The normalized spacial score (nSPS) is 11.8. The van der Waals surface area contributed by atoms with Gasteiger partial charge >= 0.3 is 0 Å². The Balaban J connectivity index is 1.54. The first-order valence-electron chi connectivity index (χ1n) is 12.3. The standard InChI is InChI=1S/C29H42N2O2/c1-28(2,3)24-16-12-22(13-17-24)26(32)30-20-10-8-7-9-11-21-31-27(33)23-14-18-25(19-15-23)29(4,5)6/h12-19H,7-11,20-21H2,1-6H3,(H,30,32)(H,31,33). The fourth-order valence-electron chi connectivity index (χ4n) is 3.63. The van der Waals surface area contributed by atoms with E-state index in [2.05, 4.69) is 52.2 Å². The largest absolute Gasteiger partial charge is 0.352 e. The molecule has 2 aromatic rings. The van der Waals surface area contributed by atoms with Crippen LogP contribution in [0.2, 0.25) is 0 Å². The summed E-state index contributed by atoms with van der Waals surface area (Å²) < 4.78 is 0. The van der Waals surface area contributed by atoms with Crippen LogP contribution in [0.4, 0.5) is 0 Å². The van der Waals surface area contributed by atoms with Gasteiger partial charge in [0.25, 0.3) is 11.8 Å². The molecule has 33 heavy (non-hydrogen) atoms. The average molecular weight is 451 g/mol. The summed E-state index contributed by atoms with van der Waals surface area (Å²) in [5.41, 5.74) is 4.08. The molecule has 0 fully saturated rings. The molecular weight excluding hydrogens is 408 g/mol. The summed E-state index contributed by atoms with van der Waals surface area (Å²) in [6.07, 6.45) is 5.19. The van der Waals surface area contributed by atoms with E-state index < -0.39 is 0 Å². The molecule has 4 nitrogen and oxygen atoms in total. The molecule has 0 heterocycles. The van der Waals surface area contributed by atoms with Crippen molar-refractivity contribution in [3.05, 3.63) is 70.8 Å². The number of nitrogens with one attached hydrogen (secondary N) is 2. The van der Waals surface area contributed by atoms with E-state index in [1.807, 2.05) is 48.5 Å². The number of carbonyl (C=O) groups excluding carboxylic acids is 2. The van der Waals surface area contributed by atoms with Crippen molar-refractivity contribution in [2.75, 3.05) is 13.1 Å². The highest BCUT2D eigenvalue weighted by molar-refractivity contribution is 5.94. The summed E-state index contributed by atoms with van der Waals surface area (Å²) in [4.78, 5) is 24.6. The minimum Gasteiger partial charge on any atom is -0.352 e. The van der Waals surface area contributed by atoms with Gasteiger partial charge in [0.05, 0.1) is 0 Å². The van der Waals surface area contributed by atoms with Gasteiger partial charge in [0.15, 0.2) is 0 Å². The molecule has 0 radical (unpaired) electrons. The van der Waals surface area contributed by atoms with Crippen LogP contribution in [0, 0.1) is 0 Å². The first-order chi connectivity index (χ1) is 15.5. The molecule has 0 saturated heterocycles. The second kappa shape index (κ2) is 12.0. The van der Waals surface area contributed by atoms with Gasteiger partial charge in [-0.3, -0.25) is 9.59 Å². The lowest BCUT2D eigenvalue weighted by Gasteiger charge is -2.19. The van der Waals surface area contributed by atoms with E-state index in [9.17, 15) is 9.59 Å². The average Bonchev–Trinajstić information content (AvgIpc) is 2.76. The highest BCUT2D eigenvalue weighted by Gasteiger charge is 2.15. The molecule has 0 spiro atoms. The van der Waals surface area contributed by atoms with Crippen molar-refractivity contribution in [3.8, 4) is 0 Å². The Hall–Kier alpha value is -2.62. The minimum atomic E-state index is -0.00583. The SMILES string of the molecule is CC(C)(C)c1ccc(C(=O)NCCCCCCCNC(=O)c2ccc(C(C)(C)C)cc2)cc1. The van der Waals surface area contributed by atoms with Crippen LogP contribution in [0.5, 0.6) is 0 Å². The van der Waals surface area contributed by atoms with Gasteiger partial charge in [-0.25, -0.2) is 0 Å². The lowest BCUT2D eigenvalue weighted by Crippen LogP contribution is -2.25. The highest BCUT2D eigenvalue weighted by atomic mass is 16.2. The van der Waals surface area contributed by atoms with E-state index in [0.717, 1.165) is 32.1 Å². The lowest BCUT2D eigenvalue weighted by molar-refractivity contribution is 0.0945. The van der Waals surface area contributed by atoms with Crippen molar-refractivity contribution in [2.24, 2.45) is 0 Å². The van der Waals surface area contributed by atoms with Gasteiger partial charge in [0.1, 0.15) is 0 Å². The minimum absolute atomic E-state index is 0.00583.